The van der Waals surface area contributed by atoms with Gasteiger partial charge in [-0.2, -0.15) is 5.26 Å². The maximum Gasteiger partial charge on any atom is 0.270 e. The number of ether oxygens (including phenoxy) is 1. The zero-order chi connectivity index (χ0) is 23.9. The largest absolute Gasteiger partial charge is 0.506 e. The number of benzene rings is 1. The van der Waals surface area contributed by atoms with Gasteiger partial charge in [-0.1, -0.05) is 36.6 Å². The number of aromatic nitrogens is 1. The van der Waals surface area contributed by atoms with Gasteiger partial charge in [-0.05, 0) is 43.4 Å². The Labute approximate surface area is 206 Å². The van der Waals surface area contributed by atoms with E-state index in [1.807, 2.05) is 12.1 Å². The lowest BCUT2D eigenvalue weighted by atomic mass is 9.91. The van der Waals surface area contributed by atoms with E-state index in [1.54, 1.807) is 18.2 Å². The lowest BCUT2D eigenvalue weighted by Gasteiger charge is -2.40. The molecule has 7 nitrogen and oxygen atoms in total. The van der Waals surface area contributed by atoms with Gasteiger partial charge >= 0.3 is 0 Å². The lowest BCUT2D eigenvalue weighted by molar-refractivity contribution is -0.0589. The minimum Gasteiger partial charge on any atom is -0.506 e. The molecule has 0 bridgehead atoms. The highest BCUT2D eigenvalue weighted by atomic mass is 35.5. The predicted molar refractivity (Wildman–Crippen MR) is 133 cm³/mol. The first-order valence-corrected chi connectivity index (χ1v) is 12.7. The standard InChI is InChI=1S/C25H26ClN3O4S/c26-22-19(20-21(30)18(13-27)23(31)28-24(20)34-22)15-5-7-17(8-6-15)33-14-25(32)9-11-29(12-10-25)16-3-1-2-4-16/h5-8,16,32H,1-4,9-12,14H2,(H2,28,30,31). The Morgan fingerprint density at radius 3 is 2.56 bits per heavy atom. The molecule has 5 rings (SSSR count). The third-order valence-corrected chi connectivity index (χ3v) is 8.44. The summed E-state index contributed by atoms with van der Waals surface area (Å²) in [7, 11) is 0. The number of nitrogens with one attached hydrogen (secondary N) is 1. The van der Waals surface area contributed by atoms with Gasteiger partial charge in [-0.3, -0.25) is 4.79 Å². The number of aromatic hydroxyl groups is 1. The van der Waals surface area contributed by atoms with Crippen molar-refractivity contribution >= 4 is 33.2 Å². The van der Waals surface area contributed by atoms with Gasteiger partial charge in [0.15, 0.2) is 5.56 Å². The fourth-order valence-electron chi connectivity index (χ4n) is 5.13. The number of fused-ring (bicyclic) bond motifs is 1. The second kappa shape index (κ2) is 9.23. The number of aromatic amines is 1. The first-order chi connectivity index (χ1) is 16.4. The van der Waals surface area contributed by atoms with Gasteiger partial charge in [0.25, 0.3) is 5.56 Å². The number of halogens is 1. The molecule has 0 amide bonds. The number of nitrogens with zero attached hydrogens (tertiary/aromatic N) is 2. The maximum atomic E-state index is 12.0. The van der Waals surface area contributed by atoms with E-state index >= 15 is 0 Å². The summed E-state index contributed by atoms with van der Waals surface area (Å²) >= 11 is 7.57. The van der Waals surface area contributed by atoms with E-state index < -0.39 is 11.2 Å². The SMILES string of the molecule is N#Cc1c(O)c2c(-c3ccc(OCC4(O)CCN(C5CCCC5)CC4)cc3)c(Cl)sc2[nH]c1=O. The summed E-state index contributed by atoms with van der Waals surface area (Å²) in [4.78, 5) is 17.5. The van der Waals surface area contributed by atoms with Crippen molar-refractivity contribution in [2.75, 3.05) is 19.7 Å². The van der Waals surface area contributed by atoms with E-state index in [4.69, 9.17) is 16.3 Å². The van der Waals surface area contributed by atoms with E-state index in [0.717, 1.165) is 30.0 Å². The van der Waals surface area contributed by atoms with Crippen LogP contribution in [0.2, 0.25) is 4.34 Å². The van der Waals surface area contributed by atoms with Crippen molar-refractivity contribution in [3.8, 4) is 28.7 Å². The fraction of sp³-hybridized carbons (Fsp3) is 0.440. The summed E-state index contributed by atoms with van der Waals surface area (Å²) in [6.07, 6.45) is 6.59. The van der Waals surface area contributed by atoms with E-state index in [9.17, 15) is 20.3 Å². The average molecular weight is 500 g/mol. The van der Waals surface area contributed by atoms with Crippen molar-refractivity contribution in [3.05, 3.63) is 44.5 Å². The highest BCUT2D eigenvalue weighted by molar-refractivity contribution is 7.23. The normalized spacial score (nSPS) is 18.9. The van der Waals surface area contributed by atoms with Crippen LogP contribution in [0.5, 0.6) is 11.5 Å². The Morgan fingerprint density at radius 2 is 1.91 bits per heavy atom. The number of piperidine rings is 1. The van der Waals surface area contributed by atoms with Crippen LogP contribution >= 0.6 is 22.9 Å². The summed E-state index contributed by atoms with van der Waals surface area (Å²) < 4.78 is 6.33. The number of aliphatic hydroxyl groups is 1. The van der Waals surface area contributed by atoms with Gasteiger partial charge in [-0.25, -0.2) is 0 Å². The van der Waals surface area contributed by atoms with Crippen LogP contribution in [0.25, 0.3) is 21.3 Å². The zero-order valence-electron chi connectivity index (χ0n) is 18.6. The summed E-state index contributed by atoms with van der Waals surface area (Å²) in [5.41, 5.74) is -0.538. The van der Waals surface area contributed by atoms with Crippen LogP contribution in [0.15, 0.2) is 29.1 Å². The van der Waals surface area contributed by atoms with E-state index in [2.05, 4.69) is 9.88 Å². The number of H-pyrrole nitrogens is 1. The Morgan fingerprint density at radius 1 is 1.24 bits per heavy atom. The molecule has 178 valence electrons. The molecule has 0 radical (unpaired) electrons. The topological polar surface area (TPSA) is 110 Å². The summed E-state index contributed by atoms with van der Waals surface area (Å²) in [6, 6.07) is 9.63. The van der Waals surface area contributed by atoms with Crippen LogP contribution in [0, 0.1) is 11.3 Å². The molecule has 3 heterocycles. The molecule has 9 heteroatoms. The molecule has 0 unspecified atom stereocenters. The zero-order valence-corrected chi connectivity index (χ0v) is 20.2. The first kappa shape index (κ1) is 23.2. The third-order valence-electron chi connectivity index (χ3n) is 7.13. The molecular weight excluding hydrogens is 474 g/mol. The molecule has 3 N–H and O–H groups in total. The lowest BCUT2D eigenvalue weighted by Crippen LogP contribution is -2.50. The molecule has 1 saturated carbocycles. The van der Waals surface area contributed by atoms with Crippen LogP contribution in [-0.2, 0) is 0 Å². The molecule has 0 spiro atoms. The molecule has 2 aromatic heterocycles. The highest BCUT2D eigenvalue weighted by Crippen LogP contribution is 2.45. The summed E-state index contributed by atoms with van der Waals surface area (Å²) in [6.45, 7) is 2.05. The molecule has 0 atom stereocenters. The van der Waals surface area contributed by atoms with E-state index in [0.29, 0.717) is 44.7 Å². The molecule has 34 heavy (non-hydrogen) atoms. The Balaban J connectivity index is 1.29. The van der Waals surface area contributed by atoms with E-state index in [-0.39, 0.29) is 17.9 Å². The van der Waals surface area contributed by atoms with Crippen LogP contribution in [0.1, 0.15) is 44.1 Å². The number of hydrogen-bond acceptors (Lipinski definition) is 7. The van der Waals surface area contributed by atoms with Crippen molar-refractivity contribution in [1.29, 1.82) is 5.26 Å². The Kier molecular flexibility index (Phi) is 6.30. The number of thiophene rings is 1. The molecule has 2 aliphatic rings. The fourth-order valence-corrected chi connectivity index (χ4v) is 6.51. The summed E-state index contributed by atoms with van der Waals surface area (Å²) in [5, 5.41) is 31.1. The Hall–Kier alpha value is -2.57. The van der Waals surface area contributed by atoms with Crippen molar-refractivity contribution in [2.45, 2.75) is 50.2 Å². The molecule has 1 aliphatic carbocycles. The molecular formula is C25H26ClN3O4S. The van der Waals surface area contributed by atoms with Gasteiger partial charge in [0.2, 0.25) is 0 Å². The van der Waals surface area contributed by atoms with Crippen molar-refractivity contribution in [2.24, 2.45) is 0 Å². The second-order valence-electron chi connectivity index (χ2n) is 9.26. The van der Waals surface area contributed by atoms with Crippen molar-refractivity contribution < 1.29 is 14.9 Å². The first-order valence-electron chi connectivity index (χ1n) is 11.6. The van der Waals surface area contributed by atoms with Crippen LogP contribution in [0.3, 0.4) is 0 Å². The number of nitriles is 1. The van der Waals surface area contributed by atoms with Gasteiger partial charge in [0, 0.05) is 24.7 Å². The molecule has 1 aromatic carbocycles. The van der Waals surface area contributed by atoms with Gasteiger partial charge in [0.05, 0.1) is 5.39 Å². The molecule has 1 aliphatic heterocycles. The predicted octanol–water partition coefficient (Wildman–Crippen LogP) is 4.64. The van der Waals surface area contributed by atoms with Crippen LogP contribution in [0.4, 0.5) is 0 Å². The number of likely N-dealkylation sites (tertiary alicyclic amines) is 1. The molecule has 1 saturated heterocycles. The number of rotatable bonds is 5. The quantitative estimate of drug-likeness (QED) is 0.472. The number of pyridine rings is 1. The molecule has 3 aromatic rings. The minimum absolute atomic E-state index is 0.237. The van der Waals surface area contributed by atoms with E-state index in [1.165, 1.54) is 25.7 Å². The monoisotopic (exact) mass is 499 g/mol. The van der Waals surface area contributed by atoms with Gasteiger partial charge in [0.1, 0.15) is 38.9 Å². The number of hydrogen-bond donors (Lipinski definition) is 3. The second-order valence-corrected chi connectivity index (χ2v) is 10.9. The maximum absolute atomic E-state index is 12.0. The average Bonchev–Trinajstić information content (AvgIpc) is 3.47. The highest BCUT2D eigenvalue weighted by Gasteiger charge is 2.36. The third kappa shape index (κ3) is 4.29. The van der Waals surface area contributed by atoms with Crippen molar-refractivity contribution in [3.63, 3.8) is 0 Å². The van der Waals surface area contributed by atoms with Gasteiger partial charge < -0.3 is 24.8 Å². The van der Waals surface area contributed by atoms with Crippen LogP contribution in [-0.4, -0.2) is 51.4 Å². The summed E-state index contributed by atoms with van der Waals surface area (Å²) in [5.74, 6) is 0.257. The van der Waals surface area contributed by atoms with Crippen molar-refractivity contribution in [1.82, 2.24) is 9.88 Å². The smallest absolute Gasteiger partial charge is 0.270 e. The Bertz CT molecular complexity index is 1300. The minimum atomic E-state index is -0.827. The molecule has 2 fully saturated rings. The van der Waals surface area contributed by atoms with Crippen LogP contribution < -0.4 is 10.3 Å². The van der Waals surface area contributed by atoms with Gasteiger partial charge in [-0.15, -0.1) is 11.3 Å².